The lowest BCUT2D eigenvalue weighted by molar-refractivity contribution is 0.0952. The Labute approximate surface area is 159 Å². The number of hydrogen-bond donors (Lipinski definition) is 2. The van der Waals surface area contributed by atoms with Crippen molar-refractivity contribution in [2.45, 2.75) is 19.8 Å². The molecule has 0 saturated carbocycles. The van der Waals surface area contributed by atoms with Crippen LogP contribution in [0.4, 0.5) is 5.69 Å². The van der Waals surface area contributed by atoms with Gasteiger partial charge in [-0.2, -0.15) is 0 Å². The molecule has 0 spiro atoms. The standard InChI is InChI=1S/C21H26N2O4/c1-3-4-13-22-20(24)16-9-11-17(12-10-16)23-21(25)18-7-5-6-8-19(18)27-15-14-26-2/h5-12H,3-4,13-15H2,1-2H3,(H,22,24)(H,23,25). The Morgan fingerprint density at radius 1 is 0.963 bits per heavy atom. The fourth-order valence-corrected chi connectivity index (χ4v) is 2.40. The molecule has 0 fully saturated rings. The summed E-state index contributed by atoms with van der Waals surface area (Å²) in [6.07, 6.45) is 1.98. The van der Waals surface area contributed by atoms with Crippen molar-refractivity contribution in [1.29, 1.82) is 0 Å². The Hall–Kier alpha value is -2.86. The molecule has 27 heavy (non-hydrogen) atoms. The van der Waals surface area contributed by atoms with Crippen LogP contribution in [0, 0.1) is 0 Å². The summed E-state index contributed by atoms with van der Waals surface area (Å²) in [4.78, 5) is 24.6. The van der Waals surface area contributed by atoms with E-state index in [2.05, 4.69) is 17.6 Å². The van der Waals surface area contributed by atoms with Crippen LogP contribution >= 0.6 is 0 Å². The van der Waals surface area contributed by atoms with E-state index in [0.29, 0.717) is 42.3 Å². The smallest absolute Gasteiger partial charge is 0.259 e. The van der Waals surface area contributed by atoms with Crippen LogP contribution in [0.1, 0.15) is 40.5 Å². The van der Waals surface area contributed by atoms with E-state index in [4.69, 9.17) is 9.47 Å². The summed E-state index contributed by atoms with van der Waals surface area (Å²) in [6.45, 7) is 3.54. The summed E-state index contributed by atoms with van der Waals surface area (Å²) in [7, 11) is 1.59. The van der Waals surface area contributed by atoms with Gasteiger partial charge in [-0.1, -0.05) is 25.5 Å². The number of nitrogens with one attached hydrogen (secondary N) is 2. The van der Waals surface area contributed by atoms with E-state index in [1.54, 1.807) is 49.6 Å². The van der Waals surface area contributed by atoms with Gasteiger partial charge >= 0.3 is 0 Å². The lowest BCUT2D eigenvalue weighted by Gasteiger charge is -2.12. The first-order chi connectivity index (χ1) is 13.2. The molecule has 2 N–H and O–H groups in total. The summed E-state index contributed by atoms with van der Waals surface area (Å²) in [5, 5.41) is 5.69. The zero-order valence-corrected chi connectivity index (χ0v) is 15.8. The van der Waals surface area contributed by atoms with Crippen LogP contribution in [-0.2, 0) is 4.74 Å². The third kappa shape index (κ3) is 6.42. The van der Waals surface area contributed by atoms with Gasteiger partial charge in [0.25, 0.3) is 11.8 Å². The molecular weight excluding hydrogens is 344 g/mol. The lowest BCUT2D eigenvalue weighted by Crippen LogP contribution is -2.24. The maximum absolute atomic E-state index is 12.6. The van der Waals surface area contributed by atoms with Gasteiger partial charge in [0.15, 0.2) is 0 Å². The highest BCUT2D eigenvalue weighted by atomic mass is 16.5. The van der Waals surface area contributed by atoms with Crippen molar-refractivity contribution in [2.24, 2.45) is 0 Å². The number of unbranched alkanes of at least 4 members (excludes halogenated alkanes) is 1. The maximum Gasteiger partial charge on any atom is 0.259 e. The summed E-state index contributed by atoms with van der Waals surface area (Å²) in [5.74, 6) is 0.111. The third-order valence-corrected chi connectivity index (χ3v) is 3.90. The molecule has 6 nitrogen and oxygen atoms in total. The number of amides is 2. The molecule has 0 heterocycles. The highest BCUT2D eigenvalue weighted by Crippen LogP contribution is 2.20. The van der Waals surface area contributed by atoms with Crippen molar-refractivity contribution in [1.82, 2.24) is 5.32 Å². The predicted octanol–water partition coefficient (Wildman–Crippen LogP) is 3.49. The van der Waals surface area contributed by atoms with Crippen molar-refractivity contribution < 1.29 is 19.1 Å². The number of para-hydroxylation sites is 1. The van der Waals surface area contributed by atoms with Gasteiger partial charge in [-0.05, 0) is 42.8 Å². The van der Waals surface area contributed by atoms with E-state index in [-0.39, 0.29) is 11.8 Å². The second kappa shape index (κ2) is 11.0. The van der Waals surface area contributed by atoms with Crippen LogP contribution < -0.4 is 15.4 Å². The Morgan fingerprint density at radius 2 is 1.70 bits per heavy atom. The van der Waals surface area contributed by atoms with Crippen molar-refractivity contribution in [3.8, 4) is 5.75 Å². The monoisotopic (exact) mass is 370 g/mol. The molecule has 0 aromatic heterocycles. The van der Waals surface area contributed by atoms with Crippen LogP contribution in [0.5, 0.6) is 5.75 Å². The van der Waals surface area contributed by atoms with Gasteiger partial charge in [0.2, 0.25) is 0 Å². The SMILES string of the molecule is CCCCNC(=O)c1ccc(NC(=O)c2ccccc2OCCOC)cc1. The average Bonchev–Trinajstić information content (AvgIpc) is 2.69. The van der Waals surface area contributed by atoms with Crippen LogP contribution in [-0.4, -0.2) is 38.7 Å². The first kappa shape index (κ1) is 20.5. The quantitative estimate of drug-likeness (QED) is 0.628. The molecule has 0 bridgehead atoms. The number of hydrogen-bond acceptors (Lipinski definition) is 4. The number of methoxy groups -OCH3 is 1. The minimum absolute atomic E-state index is 0.113. The topological polar surface area (TPSA) is 76.7 Å². The number of benzene rings is 2. The van der Waals surface area contributed by atoms with Crippen LogP contribution in [0.2, 0.25) is 0 Å². The van der Waals surface area contributed by atoms with E-state index in [9.17, 15) is 9.59 Å². The van der Waals surface area contributed by atoms with E-state index < -0.39 is 0 Å². The maximum atomic E-state index is 12.6. The number of carbonyl (C=O) groups is 2. The molecule has 0 saturated heterocycles. The van der Waals surface area contributed by atoms with E-state index >= 15 is 0 Å². The molecular formula is C21H26N2O4. The molecule has 0 unspecified atom stereocenters. The van der Waals surface area contributed by atoms with Gasteiger partial charge in [0.05, 0.1) is 12.2 Å². The number of ether oxygens (including phenoxy) is 2. The molecule has 0 aliphatic carbocycles. The number of anilines is 1. The first-order valence-electron chi connectivity index (χ1n) is 9.06. The predicted molar refractivity (Wildman–Crippen MR) is 105 cm³/mol. The molecule has 0 radical (unpaired) electrons. The van der Waals surface area contributed by atoms with E-state index in [1.165, 1.54) is 0 Å². The normalized spacial score (nSPS) is 10.3. The Balaban J connectivity index is 1.99. The zero-order valence-electron chi connectivity index (χ0n) is 15.8. The Morgan fingerprint density at radius 3 is 2.41 bits per heavy atom. The largest absolute Gasteiger partial charge is 0.490 e. The molecule has 0 aliphatic rings. The molecule has 6 heteroatoms. The Kier molecular flexibility index (Phi) is 8.32. The second-order valence-electron chi connectivity index (χ2n) is 5.98. The minimum atomic E-state index is -0.275. The van der Waals surface area contributed by atoms with Crippen molar-refractivity contribution in [3.05, 3.63) is 59.7 Å². The summed E-state index contributed by atoms with van der Waals surface area (Å²) < 4.78 is 10.6. The molecule has 144 valence electrons. The van der Waals surface area contributed by atoms with Gasteiger partial charge in [0, 0.05) is 24.9 Å². The van der Waals surface area contributed by atoms with Gasteiger partial charge in [-0.15, -0.1) is 0 Å². The van der Waals surface area contributed by atoms with E-state index in [0.717, 1.165) is 12.8 Å². The minimum Gasteiger partial charge on any atom is -0.490 e. The van der Waals surface area contributed by atoms with Crippen molar-refractivity contribution in [2.75, 3.05) is 32.2 Å². The molecule has 0 atom stereocenters. The van der Waals surface area contributed by atoms with Crippen molar-refractivity contribution in [3.63, 3.8) is 0 Å². The highest BCUT2D eigenvalue weighted by Gasteiger charge is 2.13. The zero-order chi connectivity index (χ0) is 19.5. The van der Waals surface area contributed by atoms with Crippen LogP contribution in [0.25, 0.3) is 0 Å². The Bertz CT molecular complexity index is 744. The van der Waals surface area contributed by atoms with Gasteiger partial charge in [-0.3, -0.25) is 9.59 Å². The molecule has 2 aromatic carbocycles. The van der Waals surface area contributed by atoms with Crippen LogP contribution in [0.15, 0.2) is 48.5 Å². The summed E-state index contributed by atoms with van der Waals surface area (Å²) in [5.41, 5.74) is 1.61. The fraction of sp³-hybridized carbons (Fsp3) is 0.333. The first-order valence-corrected chi connectivity index (χ1v) is 9.06. The molecule has 2 rings (SSSR count). The molecule has 2 amide bonds. The molecule has 2 aromatic rings. The summed E-state index contributed by atoms with van der Waals surface area (Å²) >= 11 is 0. The van der Waals surface area contributed by atoms with Crippen molar-refractivity contribution >= 4 is 17.5 Å². The number of rotatable bonds is 10. The lowest BCUT2D eigenvalue weighted by atomic mass is 10.1. The third-order valence-electron chi connectivity index (χ3n) is 3.90. The van der Waals surface area contributed by atoms with Gasteiger partial charge in [0.1, 0.15) is 12.4 Å². The highest BCUT2D eigenvalue weighted by molar-refractivity contribution is 6.06. The van der Waals surface area contributed by atoms with E-state index in [1.807, 2.05) is 6.07 Å². The van der Waals surface area contributed by atoms with Gasteiger partial charge in [-0.25, -0.2) is 0 Å². The summed E-state index contributed by atoms with van der Waals surface area (Å²) in [6, 6.07) is 13.8. The number of carbonyl (C=O) groups excluding carboxylic acids is 2. The second-order valence-corrected chi connectivity index (χ2v) is 5.98. The van der Waals surface area contributed by atoms with Crippen LogP contribution in [0.3, 0.4) is 0 Å². The molecule has 0 aliphatic heterocycles. The van der Waals surface area contributed by atoms with Gasteiger partial charge < -0.3 is 20.1 Å². The average molecular weight is 370 g/mol. The fourth-order valence-electron chi connectivity index (χ4n) is 2.40.